The number of aromatic nitrogens is 1. The summed E-state index contributed by atoms with van der Waals surface area (Å²) >= 11 is 0. The van der Waals surface area contributed by atoms with E-state index < -0.39 is 0 Å². The minimum absolute atomic E-state index is 1.07. The van der Waals surface area contributed by atoms with Crippen molar-refractivity contribution in [3.8, 4) is 27.9 Å². The first-order valence-electron chi connectivity index (χ1n) is 13.0. The van der Waals surface area contributed by atoms with Crippen molar-refractivity contribution in [3.63, 3.8) is 0 Å². The van der Waals surface area contributed by atoms with Crippen LogP contribution >= 0.6 is 0 Å². The van der Waals surface area contributed by atoms with Crippen molar-refractivity contribution < 1.29 is 0 Å². The van der Waals surface area contributed by atoms with E-state index in [1.807, 2.05) is 6.07 Å². The summed E-state index contributed by atoms with van der Waals surface area (Å²) in [6, 6.07) is 53.8. The van der Waals surface area contributed by atoms with Crippen molar-refractivity contribution in [2.75, 3.05) is 5.32 Å². The molecule has 0 atom stereocenters. The molecular weight excluding hydrogens is 460 g/mol. The average Bonchev–Trinajstić information content (AvgIpc) is 3.32. The lowest BCUT2D eigenvalue weighted by molar-refractivity contribution is 1.18. The van der Waals surface area contributed by atoms with E-state index in [0.717, 1.165) is 11.4 Å². The first-order valence-corrected chi connectivity index (χ1v) is 13.0. The number of hydrogen-bond donors (Lipinski definition) is 1. The van der Waals surface area contributed by atoms with Gasteiger partial charge in [-0.05, 0) is 76.9 Å². The quantitative estimate of drug-likeness (QED) is 0.256. The summed E-state index contributed by atoms with van der Waals surface area (Å²) in [4.78, 5) is 0. The number of anilines is 2. The van der Waals surface area contributed by atoms with E-state index in [1.165, 1.54) is 49.7 Å². The van der Waals surface area contributed by atoms with Gasteiger partial charge in [-0.3, -0.25) is 0 Å². The monoisotopic (exact) mass is 486 g/mol. The second-order valence-electron chi connectivity index (χ2n) is 9.58. The Kier molecular flexibility index (Phi) is 5.49. The molecule has 0 aliphatic heterocycles. The van der Waals surface area contributed by atoms with Crippen molar-refractivity contribution in [3.05, 3.63) is 152 Å². The van der Waals surface area contributed by atoms with E-state index in [0.29, 0.717) is 0 Å². The van der Waals surface area contributed by atoms with Gasteiger partial charge >= 0.3 is 0 Å². The Bertz CT molecular complexity index is 1870. The van der Waals surface area contributed by atoms with Crippen LogP contribution in [-0.2, 0) is 0 Å². The van der Waals surface area contributed by atoms with E-state index in [1.54, 1.807) is 0 Å². The fraction of sp³-hybridized carbons (Fsp3) is 0. The Labute approximate surface area is 222 Å². The van der Waals surface area contributed by atoms with Crippen LogP contribution in [0.4, 0.5) is 11.4 Å². The lowest BCUT2D eigenvalue weighted by atomic mass is 9.97. The summed E-state index contributed by atoms with van der Waals surface area (Å²) in [5.41, 5.74) is 10.5. The summed E-state index contributed by atoms with van der Waals surface area (Å²) in [7, 11) is 0. The molecule has 7 rings (SSSR count). The fourth-order valence-electron chi connectivity index (χ4n) is 5.36. The largest absolute Gasteiger partial charge is 0.355 e. The second-order valence-corrected chi connectivity index (χ2v) is 9.58. The number of nitrogens with zero attached hydrogens (tertiary/aromatic N) is 1. The van der Waals surface area contributed by atoms with Gasteiger partial charge in [0.05, 0.1) is 11.0 Å². The molecule has 1 aromatic heterocycles. The molecule has 0 radical (unpaired) electrons. The molecule has 2 nitrogen and oxygen atoms in total. The maximum Gasteiger partial charge on any atom is 0.0547 e. The number of hydrogen-bond acceptors (Lipinski definition) is 1. The Hall–Kier alpha value is -5.08. The van der Waals surface area contributed by atoms with E-state index in [9.17, 15) is 0 Å². The molecule has 180 valence electrons. The van der Waals surface area contributed by atoms with Gasteiger partial charge in [-0.25, -0.2) is 0 Å². The molecule has 0 amide bonds. The van der Waals surface area contributed by atoms with Crippen molar-refractivity contribution in [1.29, 1.82) is 0 Å². The molecule has 0 aliphatic carbocycles. The van der Waals surface area contributed by atoms with Crippen molar-refractivity contribution in [2.24, 2.45) is 0 Å². The highest BCUT2D eigenvalue weighted by atomic mass is 15.0. The zero-order valence-electron chi connectivity index (χ0n) is 20.9. The molecule has 0 spiro atoms. The van der Waals surface area contributed by atoms with Gasteiger partial charge in [0.15, 0.2) is 0 Å². The molecule has 7 aromatic rings. The third kappa shape index (κ3) is 4.03. The number of nitrogens with one attached hydrogen (secondary N) is 1. The first-order chi connectivity index (χ1) is 18.8. The van der Waals surface area contributed by atoms with Crippen molar-refractivity contribution in [1.82, 2.24) is 4.57 Å². The molecule has 0 saturated heterocycles. The summed E-state index contributed by atoms with van der Waals surface area (Å²) in [6.07, 6.45) is 0. The number of para-hydroxylation sites is 3. The number of fused-ring (bicyclic) bond motifs is 3. The van der Waals surface area contributed by atoms with Crippen LogP contribution < -0.4 is 5.32 Å². The maximum absolute atomic E-state index is 3.61. The number of benzene rings is 6. The molecule has 0 saturated carbocycles. The highest BCUT2D eigenvalue weighted by molar-refractivity contribution is 6.10. The zero-order chi connectivity index (χ0) is 25.3. The van der Waals surface area contributed by atoms with Crippen LogP contribution in [0.15, 0.2) is 152 Å². The van der Waals surface area contributed by atoms with Crippen LogP contribution in [0, 0.1) is 0 Å². The van der Waals surface area contributed by atoms with Gasteiger partial charge < -0.3 is 9.88 Å². The smallest absolute Gasteiger partial charge is 0.0547 e. The predicted octanol–water partition coefficient (Wildman–Crippen LogP) is 9.86. The summed E-state index contributed by atoms with van der Waals surface area (Å²) in [5, 5.41) is 6.14. The van der Waals surface area contributed by atoms with E-state index in [2.05, 4.69) is 155 Å². The maximum atomic E-state index is 3.61. The van der Waals surface area contributed by atoms with E-state index in [-0.39, 0.29) is 0 Å². The SMILES string of the molecule is c1ccc(Nc2cc(-c3ccccc3)cc(-c3ccc4c5ccccc5n(-c5ccccc5)c4c3)c2)cc1. The lowest BCUT2D eigenvalue weighted by Crippen LogP contribution is -1.94. The van der Waals surface area contributed by atoms with E-state index >= 15 is 0 Å². The fourth-order valence-corrected chi connectivity index (χ4v) is 5.36. The normalized spacial score (nSPS) is 11.2. The van der Waals surface area contributed by atoms with Crippen molar-refractivity contribution >= 4 is 33.2 Å². The molecule has 0 unspecified atom stereocenters. The minimum atomic E-state index is 1.07. The van der Waals surface area contributed by atoms with E-state index in [4.69, 9.17) is 0 Å². The topological polar surface area (TPSA) is 17.0 Å². The summed E-state index contributed by atoms with van der Waals surface area (Å²) < 4.78 is 2.37. The van der Waals surface area contributed by atoms with Crippen LogP contribution in [0.25, 0.3) is 49.7 Å². The zero-order valence-corrected chi connectivity index (χ0v) is 20.9. The molecular formula is C36H26N2. The molecule has 38 heavy (non-hydrogen) atoms. The highest BCUT2D eigenvalue weighted by Gasteiger charge is 2.14. The Morgan fingerprint density at radius 3 is 1.74 bits per heavy atom. The minimum Gasteiger partial charge on any atom is -0.355 e. The third-order valence-electron chi connectivity index (χ3n) is 7.12. The average molecular weight is 487 g/mol. The molecule has 0 fully saturated rings. The van der Waals surface area contributed by atoms with Gasteiger partial charge in [0.2, 0.25) is 0 Å². The summed E-state index contributed by atoms with van der Waals surface area (Å²) in [5.74, 6) is 0. The van der Waals surface area contributed by atoms with Crippen molar-refractivity contribution in [2.45, 2.75) is 0 Å². The lowest BCUT2D eigenvalue weighted by Gasteiger charge is -2.13. The molecule has 6 aromatic carbocycles. The van der Waals surface area contributed by atoms with Crippen LogP contribution in [0.3, 0.4) is 0 Å². The molecule has 1 N–H and O–H groups in total. The van der Waals surface area contributed by atoms with Crippen LogP contribution in [0.5, 0.6) is 0 Å². The van der Waals surface area contributed by atoms with Crippen LogP contribution in [-0.4, -0.2) is 4.57 Å². The Balaban J connectivity index is 1.44. The summed E-state index contributed by atoms with van der Waals surface area (Å²) in [6.45, 7) is 0. The second kappa shape index (κ2) is 9.42. The van der Waals surface area contributed by atoms with Gasteiger partial charge in [0, 0.05) is 27.8 Å². The predicted molar refractivity (Wildman–Crippen MR) is 161 cm³/mol. The highest BCUT2D eigenvalue weighted by Crippen LogP contribution is 2.37. The molecule has 1 heterocycles. The first kappa shape index (κ1) is 22.1. The van der Waals surface area contributed by atoms with Gasteiger partial charge in [-0.1, -0.05) is 97.1 Å². The number of rotatable bonds is 5. The van der Waals surface area contributed by atoms with Crippen LogP contribution in [0.1, 0.15) is 0 Å². The molecule has 0 bridgehead atoms. The van der Waals surface area contributed by atoms with Gasteiger partial charge in [0.1, 0.15) is 0 Å². The third-order valence-corrected chi connectivity index (χ3v) is 7.12. The van der Waals surface area contributed by atoms with Gasteiger partial charge in [-0.15, -0.1) is 0 Å². The Morgan fingerprint density at radius 2 is 0.974 bits per heavy atom. The van der Waals surface area contributed by atoms with Crippen LogP contribution in [0.2, 0.25) is 0 Å². The van der Waals surface area contributed by atoms with Gasteiger partial charge in [0.25, 0.3) is 0 Å². The molecule has 0 aliphatic rings. The van der Waals surface area contributed by atoms with Gasteiger partial charge in [-0.2, -0.15) is 0 Å². The standard InChI is InChI=1S/C36H26N2/c1-4-12-26(13-5-1)28-22-29(24-31(23-28)37-30-14-6-2-7-15-30)27-20-21-34-33-18-10-11-19-35(33)38(36(34)25-27)32-16-8-3-9-17-32/h1-25,37H. The Morgan fingerprint density at radius 1 is 0.368 bits per heavy atom. The molecule has 2 heteroatoms.